The third-order valence-corrected chi connectivity index (χ3v) is 3.27. The van der Waals surface area contributed by atoms with Crippen molar-refractivity contribution in [1.82, 2.24) is 10.2 Å². The molecule has 104 valence electrons. The molecule has 1 aliphatic rings. The summed E-state index contributed by atoms with van der Waals surface area (Å²) in [7, 11) is 0. The van der Waals surface area contributed by atoms with Crippen LogP contribution in [0.25, 0.3) is 0 Å². The first-order valence-electron chi connectivity index (χ1n) is 6.47. The Hall–Kier alpha value is -1.30. The molecule has 0 saturated carbocycles. The highest BCUT2D eigenvalue weighted by atomic mass is 16.4. The Balaban J connectivity index is 2.43. The molecule has 1 rings (SSSR count). The minimum Gasteiger partial charge on any atom is -0.480 e. The third kappa shape index (κ3) is 4.18. The predicted octanol–water partition coefficient (Wildman–Crippen LogP) is 0.654. The number of urea groups is 1. The number of carbonyl (C=O) groups excluding carboxylic acids is 1. The first-order chi connectivity index (χ1) is 8.58. The molecular weight excluding hydrogens is 236 g/mol. The Morgan fingerprint density at radius 1 is 1.50 bits per heavy atom. The monoisotopic (exact) mass is 258 g/mol. The largest absolute Gasteiger partial charge is 0.480 e. The zero-order valence-corrected chi connectivity index (χ0v) is 10.8. The number of likely N-dealkylation sites (tertiary alicyclic amines) is 1. The second-order valence-electron chi connectivity index (χ2n) is 4.77. The molecule has 1 fully saturated rings. The van der Waals surface area contributed by atoms with Crippen LogP contribution >= 0.6 is 0 Å². The van der Waals surface area contributed by atoms with Crippen LogP contribution in [-0.2, 0) is 4.79 Å². The van der Waals surface area contributed by atoms with E-state index < -0.39 is 12.0 Å². The predicted molar refractivity (Wildman–Crippen MR) is 66.2 cm³/mol. The van der Waals surface area contributed by atoms with Crippen molar-refractivity contribution in [2.24, 2.45) is 5.92 Å². The lowest BCUT2D eigenvalue weighted by atomic mass is 10.1. The zero-order chi connectivity index (χ0) is 13.5. The van der Waals surface area contributed by atoms with Gasteiger partial charge in [0.25, 0.3) is 0 Å². The van der Waals surface area contributed by atoms with E-state index in [0.29, 0.717) is 19.5 Å². The van der Waals surface area contributed by atoms with E-state index in [-0.39, 0.29) is 18.6 Å². The SMILES string of the molecule is CCCC[C@H](NC(=O)N1CCC(CO)C1)C(=O)O. The molecule has 2 amide bonds. The molecule has 0 spiro atoms. The molecule has 0 aromatic heterocycles. The molecule has 0 radical (unpaired) electrons. The van der Waals surface area contributed by atoms with Crippen molar-refractivity contribution in [3.8, 4) is 0 Å². The van der Waals surface area contributed by atoms with Crippen LogP contribution in [0.3, 0.4) is 0 Å². The molecule has 2 atom stereocenters. The highest BCUT2D eigenvalue weighted by Crippen LogP contribution is 2.15. The van der Waals surface area contributed by atoms with Crippen molar-refractivity contribution in [1.29, 1.82) is 0 Å². The lowest BCUT2D eigenvalue weighted by Crippen LogP contribution is -2.47. The molecule has 0 aliphatic carbocycles. The Kier molecular flexibility index (Phi) is 5.91. The molecule has 1 saturated heterocycles. The van der Waals surface area contributed by atoms with Crippen LogP contribution in [0.5, 0.6) is 0 Å². The van der Waals surface area contributed by atoms with E-state index in [1.165, 1.54) is 0 Å². The van der Waals surface area contributed by atoms with E-state index in [4.69, 9.17) is 10.2 Å². The second-order valence-corrected chi connectivity index (χ2v) is 4.77. The van der Waals surface area contributed by atoms with E-state index in [9.17, 15) is 9.59 Å². The lowest BCUT2D eigenvalue weighted by Gasteiger charge is -2.20. The van der Waals surface area contributed by atoms with Gasteiger partial charge in [0.1, 0.15) is 6.04 Å². The number of carbonyl (C=O) groups is 2. The van der Waals surface area contributed by atoms with Crippen LogP contribution in [0.4, 0.5) is 4.79 Å². The highest BCUT2D eigenvalue weighted by Gasteiger charge is 2.28. The average molecular weight is 258 g/mol. The van der Waals surface area contributed by atoms with Crippen LogP contribution in [0.15, 0.2) is 0 Å². The number of amides is 2. The summed E-state index contributed by atoms with van der Waals surface area (Å²) >= 11 is 0. The summed E-state index contributed by atoms with van der Waals surface area (Å²) in [6, 6.07) is -1.15. The Morgan fingerprint density at radius 2 is 2.22 bits per heavy atom. The maximum absolute atomic E-state index is 11.9. The number of aliphatic hydroxyl groups is 1. The number of unbranched alkanes of at least 4 members (excludes halogenated alkanes) is 1. The van der Waals surface area contributed by atoms with Gasteiger partial charge in [0.15, 0.2) is 0 Å². The molecule has 3 N–H and O–H groups in total. The molecule has 18 heavy (non-hydrogen) atoms. The van der Waals surface area contributed by atoms with Gasteiger partial charge in [0, 0.05) is 25.6 Å². The molecule has 6 heteroatoms. The molecule has 6 nitrogen and oxygen atoms in total. The topological polar surface area (TPSA) is 89.9 Å². The quantitative estimate of drug-likeness (QED) is 0.652. The Bertz CT molecular complexity index is 296. The number of aliphatic hydroxyl groups excluding tert-OH is 1. The van der Waals surface area contributed by atoms with Gasteiger partial charge >= 0.3 is 12.0 Å². The van der Waals surface area contributed by atoms with Crippen molar-refractivity contribution in [2.45, 2.75) is 38.6 Å². The van der Waals surface area contributed by atoms with E-state index >= 15 is 0 Å². The molecular formula is C12H22N2O4. The van der Waals surface area contributed by atoms with Crippen LogP contribution in [0, 0.1) is 5.92 Å². The standard InChI is InChI=1S/C12H22N2O4/c1-2-3-4-10(11(16)17)13-12(18)14-6-5-9(7-14)8-15/h9-10,15H,2-8H2,1H3,(H,13,18)(H,16,17)/t9?,10-/m0/s1. The van der Waals surface area contributed by atoms with Crippen LogP contribution in [-0.4, -0.2) is 52.9 Å². The fourth-order valence-corrected chi connectivity index (χ4v) is 2.07. The van der Waals surface area contributed by atoms with Gasteiger partial charge in [-0.1, -0.05) is 19.8 Å². The molecule has 0 bridgehead atoms. The number of nitrogens with one attached hydrogen (secondary N) is 1. The van der Waals surface area contributed by atoms with Crippen LogP contribution in [0.2, 0.25) is 0 Å². The number of carboxylic acid groups (broad SMARTS) is 1. The van der Waals surface area contributed by atoms with Crippen molar-refractivity contribution >= 4 is 12.0 Å². The first-order valence-corrected chi connectivity index (χ1v) is 6.47. The fraction of sp³-hybridized carbons (Fsp3) is 0.833. The number of carboxylic acids is 1. The molecule has 1 aliphatic heterocycles. The van der Waals surface area contributed by atoms with Gasteiger partial charge < -0.3 is 20.4 Å². The van der Waals surface area contributed by atoms with Crippen molar-refractivity contribution in [3.05, 3.63) is 0 Å². The maximum Gasteiger partial charge on any atom is 0.326 e. The van der Waals surface area contributed by atoms with Crippen LogP contribution < -0.4 is 5.32 Å². The Morgan fingerprint density at radius 3 is 2.72 bits per heavy atom. The molecule has 0 aromatic rings. The van der Waals surface area contributed by atoms with Gasteiger partial charge in [-0.3, -0.25) is 0 Å². The summed E-state index contributed by atoms with van der Waals surface area (Å²) in [4.78, 5) is 24.4. The van der Waals surface area contributed by atoms with E-state index in [2.05, 4.69) is 5.32 Å². The van der Waals surface area contributed by atoms with Gasteiger partial charge in [0.2, 0.25) is 0 Å². The summed E-state index contributed by atoms with van der Waals surface area (Å²) in [6.45, 7) is 3.13. The molecule has 1 unspecified atom stereocenters. The van der Waals surface area contributed by atoms with Gasteiger partial charge in [0.05, 0.1) is 0 Å². The zero-order valence-electron chi connectivity index (χ0n) is 10.8. The summed E-state index contributed by atoms with van der Waals surface area (Å²) in [5.41, 5.74) is 0. The van der Waals surface area contributed by atoms with Crippen molar-refractivity contribution in [3.63, 3.8) is 0 Å². The molecule has 1 heterocycles. The van der Waals surface area contributed by atoms with Gasteiger partial charge in [-0.2, -0.15) is 0 Å². The minimum absolute atomic E-state index is 0.0714. The average Bonchev–Trinajstić information content (AvgIpc) is 2.82. The lowest BCUT2D eigenvalue weighted by molar-refractivity contribution is -0.139. The number of hydrogen-bond donors (Lipinski definition) is 3. The van der Waals surface area contributed by atoms with Gasteiger partial charge in [-0.25, -0.2) is 9.59 Å². The van der Waals surface area contributed by atoms with E-state index in [0.717, 1.165) is 19.3 Å². The van der Waals surface area contributed by atoms with Crippen LogP contribution in [0.1, 0.15) is 32.6 Å². The number of nitrogens with zero attached hydrogens (tertiary/aromatic N) is 1. The van der Waals surface area contributed by atoms with E-state index in [1.807, 2.05) is 6.92 Å². The summed E-state index contributed by atoms with van der Waals surface area (Å²) in [6.07, 6.45) is 2.90. The van der Waals surface area contributed by atoms with Crippen molar-refractivity contribution in [2.75, 3.05) is 19.7 Å². The second kappa shape index (κ2) is 7.20. The summed E-state index contributed by atoms with van der Waals surface area (Å²) < 4.78 is 0. The smallest absolute Gasteiger partial charge is 0.326 e. The normalized spacial score (nSPS) is 20.8. The molecule has 0 aromatic carbocycles. The number of rotatable bonds is 6. The first kappa shape index (κ1) is 14.8. The third-order valence-electron chi connectivity index (χ3n) is 3.27. The van der Waals surface area contributed by atoms with E-state index in [1.54, 1.807) is 4.90 Å². The number of aliphatic carboxylic acids is 1. The van der Waals surface area contributed by atoms with Gasteiger partial charge in [-0.05, 0) is 12.8 Å². The fourth-order valence-electron chi connectivity index (χ4n) is 2.07. The summed E-state index contributed by atoms with van der Waals surface area (Å²) in [5.74, 6) is -0.871. The Labute approximate surface area is 107 Å². The van der Waals surface area contributed by atoms with Crippen molar-refractivity contribution < 1.29 is 19.8 Å². The number of hydrogen-bond acceptors (Lipinski definition) is 3. The minimum atomic E-state index is -0.991. The van der Waals surface area contributed by atoms with Gasteiger partial charge in [-0.15, -0.1) is 0 Å². The maximum atomic E-state index is 11.9. The highest BCUT2D eigenvalue weighted by molar-refractivity contribution is 5.82. The summed E-state index contributed by atoms with van der Waals surface area (Å²) in [5, 5.41) is 20.6.